The molecule has 0 spiro atoms. The number of hydrogen-bond acceptors (Lipinski definition) is 1. The van der Waals surface area contributed by atoms with Crippen LogP contribution in [0.1, 0.15) is 69.4 Å². The van der Waals surface area contributed by atoms with E-state index in [2.05, 4.69) is 79.7 Å². The van der Waals surface area contributed by atoms with Crippen LogP contribution in [0, 0.1) is 27.7 Å². The molecule has 0 saturated carbocycles. The molecule has 1 heterocycles. The molecular formula is C27H34O. The molecule has 0 amide bonds. The van der Waals surface area contributed by atoms with Crippen molar-refractivity contribution < 1.29 is 4.74 Å². The smallest absolute Gasteiger partial charge is 0.136 e. The number of aryl methyl sites for hydroxylation is 3. The Kier molecular flexibility index (Phi) is 5.08. The summed E-state index contributed by atoms with van der Waals surface area (Å²) in [5.41, 5.74) is 9.15. The number of benzene rings is 3. The third kappa shape index (κ3) is 2.67. The molecule has 4 rings (SSSR count). The monoisotopic (exact) mass is 374 g/mol. The minimum absolute atomic E-state index is 0.286. The lowest BCUT2D eigenvalue weighted by Crippen LogP contribution is -2.33. The van der Waals surface area contributed by atoms with E-state index in [1.165, 1.54) is 60.5 Å². The normalized spacial score (nSPS) is 15.2. The van der Waals surface area contributed by atoms with E-state index in [9.17, 15) is 0 Å². The second kappa shape index (κ2) is 6.95. The third-order valence-electron chi connectivity index (χ3n) is 6.75. The quantitative estimate of drug-likeness (QED) is 0.360. The summed E-state index contributed by atoms with van der Waals surface area (Å²) in [6.45, 7) is 21.8. The van der Waals surface area contributed by atoms with E-state index in [0.717, 1.165) is 5.75 Å². The van der Waals surface area contributed by atoms with Gasteiger partial charge in [0.25, 0.3) is 0 Å². The summed E-state index contributed by atoms with van der Waals surface area (Å²) in [5, 5.41) is 5.27. The van der Waals surface area contributed by atoms with Crippen LogP contribution in [0.3, 0.4) is 0 Å². The molecule has 1 aliphatic heterocycles. The second-order valence-corrected chi connectivity index (χ2v) is 8.36. The lowest BCUT2D eigenvalue weighted by atomic mass is 9.80. The fourth-order valence-corrected chi connectivity index (χ4v) is 4.64. The highest BCUT2D eigenvalue weighted by molar-refractivity contribution is 6.16. The van der Waals surface area contributed by atoms with Gasteiger partial charge in [-0.15, -0.1) is 0 Å². The molecule has 0 atom stereocenters. The molecule has 0 aromatic heterocycles. The fraction of sp³-hybridized carbons (Fsp3) is 0.407. The molecular weight excluding hydrogens is 340 g/mol. The Morgan fingerprint density at radius 2 is 1.21 bits per heavy atom. The van der Waals surface area contributed by atoms with Crippen molar-refractivity contribution in [1.82, 2.24) is 0 Å². The van der Waals surface area contributed by atoms with E-state index in [0.29, 0.717) is 0 Å². The summed E-state index contributed by atoms with van der Waals surface area (Å²) in [7, 11) is 0. The first-order valence-corrected chi connectivity index (χ1v) is 10.5. The Labute approximate surface area is 170 Å². The van der Waals surface area contributed by atoms with Gasteiger partial charge in [0.15, 0.2) is 0 Å². The van der Waals surface area contributed by atoms with Crippen molar-refractivity contribution in [3.05, 3.63) is 57.7 Å². The van der Waals surface area contributed by atoms with Crippen molar-refractivity contribution in [3.8, 4) is 5.75 Å². The Hall–Kier alpha value is -2.28. The zero-order valence-electron chi connectivity index (χ0n) is 19.2. The van der Waals surface area contributed by atoms with Gasteiger partial charge in [0.2, 0.25) is 0 Å². The highest BCUT2D eigenvalue weighted by Gasteiger charge is 2.34. The van der Waals surface area contributed by atoms with Gasteiger partial charge >= 0.3 is 0 Å². The maximum atomic E-state index is 6.70. The van der Waals surface area contributed by atoms with Crippen LogP contribution >= 0.6 is 0 Å². The summed E-state index contributed by atoms with van der Waals surface area (Å²) >= 11 is 0. The lowest BCUT2D eigenvalue weighted by molar-refractivity contribution is 0.147. The van der Waals surface area contributed by atoms with Gasteiger partial charge in [-0.1, -0.05) is 38.1 Å². The van der Waals surface area contributed by atoms with Crippen LogP contribution in [-0.2, 0) is 0 Å². The maximum Gasteiger partial charge on any atom is 0.136 e. The highest BCUT2D eigenvalue weighted by atomic mass is 16.5. The van der Waals surface area contributed by atoms with E-state index in [-0.39, 0.29) is 5.60 Å². The molecule has 3 aromatic carbocycles. The van der Waals surface area contributed by atoms with Crippen molar-refractivity contribution in [3.63, 3.8) is 0 Å². The standard InChI is InChI=1S/C25H28O.C2H6/c1-13-14(2)21-15(3)16(4)22-17(5)18(6)25(7,8)26-24(22)23(21)20-12-10-9-11-19(13)20;1-2/h9-12H,1-8H3;1-2H3. The van der Waals surface area contributed by atoms with E-state index < -0.39 is 0 Å². The lowest BCUT2D eigenvalue weighted by Gasteiger charge is -2.37. The van der Waals surface area contributed by atoms with Gasteiger partial charge in [-0.3, -0.25) is 0 Å². The third-order valence-corrected chi connectivity index (χ3v) is 6.75. The van der Waals surface area contributed by atoms with Crippen LogP contribution < -0.4 is 4.74 Å². The van der Waals surface area contributed by atoms with Gasteiger partial charge in [0.05, 0.1) is 0 Å². The molecule has 1 aliphatic rings. The molecule has 1 nitrogen and oxygen atoms in total. The summed E-state index contributed by atoms with van der Waals surface area (Å²) in [4.78, 5) is 0. The molecule has 0 unspecified atom stereocenters. The zero-order valence-corrected chi connectivity index (χ0v) is 19.2. The molecule has 1 heteroatoms. The van der Waals surface area contributed by atoms with E-state index in [4.69, 9.17) is 4.74 Å². The largest absolute Gasteiger partial charge is 0.482 e. The van der Waals surface area contributed by atoms with Crippen LogP contribution in [0.5, 0.6) is 5.75 Å². The van der Waals surface area contributed by atoms with Gasteiger partial charge in [0, 0.05) is 10.9 Å². The Balaban J connectivity index is 0.00000109. The molecule has 3 aromatic rings. The van der Waals surface area contributed by atoms with Crippen molar-refractivity contribution in [2.24, 2.45) is 0 Å². The van der Waals surface area contributed by atoms with Gasteiger partial charge in [-0.25, -0.2) is 0 Å². The molecule has 0 fully saturated rings. The molecule has 0 radical (unpaired) electrons. The average Bonchev–Trinajstić information content (AvgIpc) is 2.68. The minimum atomic E-state index is -0.286. The van der Waals surface area contributed by atoms with Crippen LogP contribution in [0.15, 0.2) is 29.8 Å². The van der Waals surface area contributed by atoms with Gasteiger partial charge < -0.3 is 4.74 Å². The topological polar surface area (TPSA) is 9.23 Å². The molecule has 148 valence electrons. The average molecular weight is 375 g/mol. The van der Waals surface area contributed by atoms with Gasteiger partial charge in [-0.2, -0.15) is 0 Å². The summed E-state index contributed by atoms with van der Waals surface area (Å²) in [6, 6.07) is 8.75. The molecule has 0 saturated heterocycles. The molecule has 0 bridgehead atoms. The first-order chi connectivity index (χ1) is 13.2. The number of ether oxygens (including phenoxy) is 1. The van der Waals surface area contributed by atoms with E-state index >= 15 is 0 Å². The number of fused-ring (bicyclic) bond motifs is 5. The van der Waals surface area contributed by atoms with Crippen LogP contribution in [0.25, 0.3) is 27.1 Å². The van der Waals surface area contributed by atoms with E-state index in [1.807, 2.05) is 13.8 Å². The Morgan fingerprint density at radius 1 is 0.679 bits per heavy atom. The predicted molar refractivity (Wildman–Crippen MR) is 125 cm³/mol. The van der Waals surface area contributed by atoms with E-state index in [1.54, 1.807) is 0 Å². The Bertz CT molecular complexity index is 1130. The molecule has 0 aliphatic carbocycles. The van der Waals surface area contributed by atoms with Gasteiger partial charge in [-0.05, 0) is 105 Å². The highest BCUT2D eigenvalue weighted by Crippen LogP contribution is 2.50. The first kappa shape index (κ1) is 20.5. The minimum Gasteiger partial charge on any atom is -0.482 e. The van der Waals surface area contributed by atoms with Crippen molar-refractivity contribution in [2.45, 2.75) is 74.8 Å². The van der Waals surface area contributed by atoms with Crippen LogP contribution in [0.4, 0.5) is 0 Å². The predicted octanol–water partition coefficient (Wildman–Crippen LogP) is 8.22. The van der Waals surface area contributed by atoms with Crippen molar-refractivity contribution in [2.75, 3.05) is 0 Å². The first-order valence-electron chi connectivity index (χ1n) is 10.5. The number of hydrogen-bond donors (Lipinski definition) is 0. The van der Waals surface area contributed by atoms with Crippen LogP contribution in [0.2, 0.25) is 0 Å². The maximum absolute atomic E-state index is 6.70. The number of rotatable bonds is 0. The Morgan fingerprint density at radius 3 is 1.82 bits per heavy atom. The SMILES string of the molecule is CC.CC1=C(C)C(C)(C)Oc2c1c(C)c(C)c1c(C)c(C)c3ccccc3c21. The summed E-state index contributed by atoms with van der Waals surface area (Å²) in [5.74, 6) is 1.07. The molecule has 28 heavy (non-hydrogen) atoms. The molecule has 0 N–H and O–H groups in total. The summed E-state index contributed by atoms with van der Waals surface area (Å²) < 4.78 is 6.70. The fourth-order valence-electron chi connectivity index (χ4n) is 4.64. The van der Waals surface area contributed by atoms with Crippen molar-refractivity contribution >= 4 is 27.1 Å². The van der Waals surface area contributed by atoms with Crippen LogP contribution in [-0.4, -0.2) is 5.60 Å². The van der Waals surface area contributed by atoms with Crippen molar-refractivity contribution in [1.29, 1.82) is 0 Å². The summed E-state index contributed by atoms with van der Waals surface area (Å²) in [6.07, 6.45) is 0. The second-order valence-electron chi connectivity index (χ2n) is 8.36. The van der Waals surface area contributed by atoms with Gasteiger partial charge in [0.1, 0.15) is 11.4 Å². The zero-order chi connectivity index (χ0) is 21.0. The number of allylic oxidation sites excluding steroid dienone is 1.